The number of hydrogen-bond donors (Lipinski definition) is 2. The molecule has 0 aromatic carbocycles. The van der Waals surface area contributed by atoms with Gasteiger partial charge in [0, 0.05) is 18.9 Å². The molecule has 0 unspecified atom stereocenters. The molecule has 3 heterocycles. The van der Waals surface area contributed by atoms with Crippen molar-refractivity contribution in [2.45, 2.75) is 19.6 Å². The van der Waals surface area contributed by atoms with Crippen LogP contribution in [-0.4, -0.2) is 56.7 Å². The predicted molar refractivity (Wildman–Crippen MR) is 96.6 cm³/mol. The lowest BCUT2D eigenvalue weighted by Gasteiger charge is -2.11. The molecule has 0 saturated carbocycles. The van der Waals surface area contributed by atoms with E-state index in [1.807, 2.05) is 0 Å². The number of alkyl halides is 3. The van der Waals surface area contributed by atoms with E-state index in [9.17, 15) is 18.0 Å². The van der Waals surface area contributed by atoms with Crippen molar-refractivity contribution in [1.29, 1.82) is 0 Å². The normalized spacial score (nSPS) is 11.6. The third-order valence-corrected chi connectivity index (χ3v) is 3.93. The molecule has 3 aromatic heterocycles. The van der Waals surface area contributed by atoms with Crippen LogP contribution >= 0.6 is 0 Å². The number of nitrogens with zero attached hydrogens (tertiary/aromatic N) is 4. The van der Waals surface area contributed by atoms with E-state index in [1.165, 1.54) is 12.4 Å². The molecule has 0 aliphatic carbocycles. The number of halogens is 3. The van der Waals surface area contributed by atoms with E-state index in [2.05, 4.69) is 20.4 Å². The van der Waals surface area contributed by atoms with Gasteiger partial charge in [0.25, 0.3) is 5.91 Å². The number of aliphatic hydroxyl groups excluding tert-OH is 1. The maximum Gasteiger partial charge on any atom is 0.422 e. The van der Waals surface area contributed by atoms with E-state index in [-0.39, 0.29) is 31.1 Å². The second kappa shape index (κ2) is 8.43. The summed E-state index contributed by atoms with van der Waals surface area (Å²) in [6.07, 6.45) is -0.0750. The van der Waals surface area contributed by atoms with Gasteiger partial charge in [0.15, 0.2) is 6.61 Å². The van der Waals surface area contributed by atoms with E-state index in [1.54, 1.807) is 29.9 Å². The quantitative estimate of drug-likeness (QED) is 0.618. The fourth-order valence-electron chi connectivity index (χ4n) is 2.67. The molecule has 8 nitrogen and oxygen atoms in total. The third-order valence-electron chi connectivity index (χ3n) is 3.93. The summed E-state index contributed by atoms with van der Waals surface area (Å²) < 4.78 is 43.2. The highest BCUT2D eigenvalue weighted by Gasteiger charge is 2.28. The number of hydrogen-bond acceptors (Lipinski definition) is 6. The number of amides is 1. The van der Waals surface area contributed by atoms with Crippen LogP contribution in [0.15, 0.2) is 30.7 Å². The fourth-order valence-corrected chi connectivity index (χ4v) is 2.67. The number of rotatable bonds is 7. The Morgan fingerprint density at radius 1 is 1.34 bits per heavy atom. The number of fused-ring (bicyclic) bond motifs is 1. The molecule has 0 atom stereocenters. The van der Waals surface area contributed by atoms with Gasteiger partial charge in [-0.05, 0) is 24.6 Å². The van der Waals surface area contributed by atoms with E-state index in [0.29, 0.717) is 22.2 Å². The Morgan fingerprint density at radius 2 is 2.14 bits per heavy atom. The van der Waals surface area contributed by atoms with Crippen molar-refractivity contribution in [2.75, 3.05) is 19.8 Å². The van der Waals surface area contributed by atoms with Gasteiger partial charge < -0.3 is 15.2 Å². The van der Waals surface area contributed by atoms with Crippen molar-refractivity contribution in [3.8, 4) is 5.75 Å². The SMILES string of the molecule is Cc1cc(Cn2cc3c(C(=O)NCCO)nccc3n2)ncc1OCC(F)(F)F. The minimum Gasteiger partial charge on any atom is -0.482 e. The molecule has 3 aromatic rings. The average Bonchev–Trinajstić information content (AvgIpc) is 3.07. The maximum atomic E-state index is 12.3. The first-order valence-electron chi connectivity index (χ1n) is 8.63. The third kappa shape index (κ3) is 5.19. The summed E-state index contributed by atoms with van der Waals surface area (Å²) in [6.45, 7) is 0.413. The molecular formula is C18H18F3N5O3. The average molecular weight is 409 g/mol. The van der Waals surface area contributed by atoms with Crippen LogP contribution in [-0.2, 0) is 6.54 Å². The molecule has 0 saturated heterocycles. The standard InChI is InChI=1S/C18H18F3N5O3/c1-11-6-12(24-7-15(11)29-10-18(19,20)21)8-26-9-13-14(25-26)2-3-22-16(13)17(28)23-4-5-27/h2-3,6-7,9,27H,4-5,8,10H2,1H3,(H,23,28). The van der Waals surface area contributed by atoms with Gasteiger partial charge in [-0.2, -0.15) is 18.3 Å². The highest BCUT2D eigenvalue weighted by Crippen LogP contribution is 2.22. The topological polar surface area (TPSA) is 102 Å². The van der Waals surface area contributed by atoms with Crippen LogP contribution in [0.2, 0.25) is 0 Å². The summed E-state index contributed by atoms with van der Waals surface area (Å²) in [5.41, 5.74) is 1.81. The van der Waals surface area contributed by atoms with Crippen LogP contribution in [0, 0.1) is 6.92 Å². The minimum atomic E-state index is -4.42. The molecule has 0 aliphatic rings. The Morgan fingerprint density at radius 3 is 2.83 bits per heavy atom. The Bertz CT molecular complexity index is 1020. The van der Waals surface area contributed by atoms with Crippen LogP contribution in [0.1, 0.15) is 21.7 Å². The molecule has 29 heavy (non-hydrogen) atoms. The second-order valence-electron chi connectivity index (χ2n) is 6.24. The molecule has 1 amide bonds. The smallest absolute Gasteiger partial charge is 0.422 e. The van der Waals surface area contributed by atoms with Gasteiger partial charge in [-0.15, -0.1) is 0 Å². The molecule has 2 N–H and O–H groups in total. The van der Waals surface area contributed by atoms with Gasteiger partial charge in [0.2, 0.25) is 0 Å². The lowest BCUT2D eigenvalue weighted by atomic mass is 10.2. The molecule has 0 bridgehead atoms. The number of aliphatic hydroxyl groups is 1. The predicted octanol–water partition coefficient (Wildman–Crippen LogP) is 1.85. The van der Waals surface area contributed by atoms with Gasteiger partial charge >= 0.3 is 6.18 Å². The number of pyridine rings is 2. The van der Waals surface area contributed by atoms with Crippen LogP contribution in [0.3, 0.4) is 0 Å². The molecule has 0 radical (unpaired) electrons. The zero-order chi connectivity index (χ0) is 21.0. The molecule has 154 valence electrons. The number of ether oxygens (including phenoxy) is 1. The van der Waals surface area contributed by atoms with E-state index in [0.717, 1.165) is 0 Å². The van der Waals surface area contributed by atoms with Gasteiger partial charge in [-0.25, -0.2) is 0 Å². The Kier molecular flexibility index (Phi) is 5.97. The lowest BCUT2D eigenvalue weighted by molar-refractivity contribution is -0.153. The van der Waals surface area contributed by atoms with Crippen molar-refractivity contribution in [1.82, 2.24) is 25.1 Å². The molecule has 0 fully saturated rings. The first kappa shape index (κ1) is 20.5. The van der Waals surface area contributed by atoms with Crippen LogP contribution in [0.25, 0.3) is 10.9 Å². The molecular weight excluding hydrogens is 391 g/mol. The van der Waals surface area contributed by atoms with E-state index >= 15 is 0 Å². The number of carbonyl (C=O) groups excluding carboxylic acids is 1. The van der Waals surface area contributed by atoms with Crippen molar-refractivity contribution in [2.24, 2.45) is 0 Å². The van der Waals surface area contributed by atoms with Crippen LogP contribution in [0.4, 0.5) is 13.2 Å². The summed E-state index contributed by atoms with van der Waals surface area (Å²) in [7, 11) is 0. The van der Waals surface area contributed by atoms with Crippen molar-refractivity contribution < 1.29 is 27.8 Å². The number of nitrogens with one attached hydrogen (secondary N) is 1. The van der Waals surface area contributed by atoms with Gasteiger partial charge in [-0.1, -0.05) is 0 Å². The second-order valence-corrected chi connectivity index (χ2v) is 6.24. The number of aryl methyl sites for hydroxylation is 1. The number of aromatic nitrogens is 4. The zero-order valence-electron chi connectivity index (χ0n) is 15.4. The van der Waals surface area contributed by atoms with Crippen molar-refractivity contribution in [3.63, 3.8) is 0 Å². The highest BCUT2D eigenvalue weighted by molar-refractivity contribution is 6.04. The van der Waals surface area contributed by atoms with Gasteiger partial charge in [0.1, 0.15) is 11.4 Å². The van der Waals surface area contributed by atoms with E-state index < -0.39 is 18.7 Å². The van der Waals surface area contributed by atoms with Crippen molar-refractivity contribution >= 4 is 16.8 Å². The fraction of sp³-hybridized carbons (Fsp3) is 0.333. The number of carbonyl (C=O) groups is 1. The lowest BCUT2D eigenvalue weighted by Crippen LogP contribution is -2.27. The summed E-state index contributed by atoms with van der Waals surface area (Å²) in [4.78, 5) is 20.4. The Balaban J connectivity index is 1.78. The Hall–Kier alpha value is -3.21. The maximum absolute atomic E-state index is 12.3. The first-order valence-corrected chi connectivity index (χ1v) is 8.63. The summed E-state index contributed by atoms with van der Waals surface area (Å²) in [5.74, 6) is -0.368. The zero-order valence-corrected chi connectivity index (χ0v) is 15.4. The summed E-state index contributed by atoms with van der Waals surface area (Å²) in [5, 5.41) is 16.3. The molecule has 0 spiro atoms. The van der Waals surface area contributed by atoms with E-state index in [4.69, 9.17) is 9.84 Å². The first-order chi connectivity index (χ1) is 13.8. The molecule has 11 heteroatoms. The Labute approximate surface area is 163 Å². The van der Waals surface area contributed by atoms with Gasteiger partial charge in [0.05, 0.1) is 35.9 Å². The molecule has 3 rings (SSSR count). The minimum absolute atomic E-state index is 0.0590. The van der Waals surface area contributed by atoms with Crippen LogP contribution < -0.4 is 10.1 Å². The molecule has 0 aliphatic heterocycles. The monoisotopic (exact) mass is 409 g/mol. The highest BCUT2D eigenvalue weighted by atomic mass is 19.4. The largest absolute Gasteiger partial charge is 0.482 e. The van der Waals surface area contributed by atoms with Crippen LogP contribution in [0.5, 0.6) is 5.75 Å². The van der Waals surface area contributed by atoms with Gasteiger partial charge in [-0.3, -0.25) is 19.4 Å². The summed E-state index contributed by atoms with van der Waals surface area (Å²) in [6, 6.07) is 3.27. The van der Waals surface area contributed by atoms with Crippen molar-refractivity contribution in [3.05, 3.63) is 47.7 Å². The summed E-state index contributed by atoms with van der Waals surface area (Å²) >= 11 is 0.